The Morgan fingerprint density at radius 2 is 1.90 bits per heavy atom. The predicted octanol–water partition coefficient (Wildman–Crippen LogP) is 2.10. The monoisotopic (exact) mass is 449 g/mol. The van der Waals surface area contributed by atoms with Gasteiger partial charge in [0, 0.05) is 19.3 Å². The maximum atomic E-state index is 13.3. The van der Waals surface area contributed by atoms with E-state index in [4.69, 9.17) is 10.5 Å². The summed E-state index contributed by atoms with van der Waals surface area (Å²) < 4.78 is 35.9. The van der Waals surface area contributed by atoms with Gasteiger partial charge in [0.25, 0.3) is 0 Å². The third-order valence-corrected chi connectivity index (χ3v) is 6.39. The van der Waals surface area contributed by atoms with E-state index in [-0.39, 0.29) is 34.4 Å². The Balaban J connectivity index is 2.32. The first kappa shape index (κ1) is 22.4. The summed E-state index contributed by atoms with van der Waals surface area (Å²) in [7, 11) is -1.77. The first-order valence-corrected chi connectivity index (χ1v) is 11.4. The summed E-state index contributed by atoms with van der Waals surface area (Å²) in [6.45, 7) is 3.82. The fraction of sp³-hybridized carbons (Fsp3) is 0.368. The van der Waals surface area contributed by atoms with Gasteiger partial charge >= 0.3 is 11.7 Å². The molecule has 2 heterocycles. The lowest BCUT2D eigenvalue weighted by atomic mass is 10.2. The van der Waals surface area contributed by atoms with Gasteiger partial charge in [0.05, 0.1) is 6.54 Å². The zero-order valence-electron chi connectivity index (χ0n) is 17.5. The second-order valence-corrected chi connectivity index (χ2v) is 9.36. The van der Waals surface area contributed by atoms with Crippen LogP contribution < -0.4 is 11.4 Å². The van der Waals surface area contributed by atoms with Crippen LogP contribution in [0.3, 0.4) is 0 Å². The van der Waals surface area contributed by atoms with Crippen molar-refractivity contribution in [2.45, 2.75) is 32.0 Å². The van der Waals surface area contributed by atoms with E-state index in [1.165, 1.54) is 33.7 Å². The van der Waals surface area contributed by atoms with Crippen LogP contribution in [0.25, 0.3) is 11.2 Å². The van der Waals surface area contributed by atoms with Crippen LogP contribution >= 0.6 is 0 Å². The molecule has 3 aromatic rings. The molecule has 10 nitrogen and oxygen atoms in total. The lowest BCUT2D eigenvalue weighted by molar-refractivity contribution is 0.210. The highest BCUT2D eigenvalue weighted by Gasteiger charge is 2.27. The Labute approximate surface area is 178 Å². The lowest BCUT2D eigenvalue weighted by Crippen LogP contribution is -2.38. The van der Waals surface area contributed by atoms with E-state index < -0.39 is 27.3 Å². The van der Waals surface area contributed by atoms with Gasteiger partial charge in [-0.1, -0.05) is 26.0 Å². The number of nitrogen functional groups attached to an aromatic ring is 1. The number of hydrogen-bond donors (Lipinski definition) is 2. The number of nitrogens with two attached hydrogens (primary N) is 1. The second-order valence-electron chi connectivity index (χ2n) is 7.06. The molecule has 31 heavy (non-hydrogen) atoms. The molecule has 1 atom stereocenters. The van der Waals surface area contributed by atoms with Crippen LogP contribution in [0.2, 0.25) is 0 Å². The number of nitrogens with zero attached hydrogens (tertiary/aromatic N) is 5. The minimum Gasteiger partial charge on any atom is -0.382 e. The van der Waals surface area contributed by atoms with Crippen molar-refractivity contribution in [2.24, 2.45) is 0 Å². The molecule has 0 aliphatic carbocycles. The number of rotatable bonds is 6. The van der Waals surface area contributed by atoms with Gasteiger partial charge in [-0.3, -0.25) is 4.57 Å². The maximum absolute atomic E-state index is 13.3. The molecule has 0 aliphatic heterocycles. The number of imidazole rings is 1. The average molecular weight is 450 g/mol. The zero-order chi connectivity index (χ0) is 22.9. The lowest BCUT2D eigenvalue weighted by Gasteiger charge is -2.16. The molecule has 0 saturated heterocycles. The number of anilines is 1. The average Bonchev–Trinajstić information content (AvgIpc) is 3.01. The first-order valence-electron chi connectivity index (χ1n) is 9.65. The van der Waals surface area contributed by atoms with Crippen LogP contribution in [0.5, 0.6) is 0 Å². The quantitative estimate of drug-likeness (QED) is 0.552. The van der Waals surface area contributed by atoms with E-state index in [0.29, 0.717) is 18.5 Å². The van der Waals surface area contributed by atoms with Crippen LogP contribution in [0.4, 0.5) is 15.0 Å². The number of carbonyl (C=O) groups is 1. The molecule has 12 heteroatoms. The van der Waals surface area contributed by atoms with Crippen molar-refractivity contribution >= 4 is 32.7 Å². The highest BCUT2D eigenvalue weighted by Crippen LogP contribution is 2.21. The van der Waals surface area contributed by atoms with E-state index in [0.717, 1.165) is 4.57 Å². The highest BCUT2D eigenvalue weighted by atomic mass is 32.2. The van der Waals surface area contributed by atoms with Gasteiger partial charge in [0.2, 0.25) is 5.16 Å². The molecule has 1 aromatic carbocycles. The molecule has 3 N–H and O–H groups in total. The molecule has 0 fully saturated rings. The number of nitrogens with one attached hydrogen (secondary N) is 1. The SMILES string of the molecule is CCCN(C)C(=O)n1c(=O)n(Cc2ccc(F)cc2)c2nc([S@@](=N)(=O)CC)nc(N)c21. The molecule has 0 radical (unpaired) electrons. The largest absolute Gasteiger partial charge is 0.382 e. The zero-order valence-corrected chi connectivity index (χ0v) is 18.3. The van der Waals surface area contributed by atoms with E-state index >= 15 is 0 Å². The van der Waals surface area contributed by atoms with Crippen molar-refractivity contribution in [3.8, 4) is 0 Å². The third-order valence-electron chi connectivity index (χ3n) is 4.81. The first-order chi connectivity index (χ1) is 14.6. The Morgan fingerprint density at radius 1 is 1.26 bits per heavy atom. The summed E-state index contributed by atoms with van der Waals surface area (Å²) in [5, 5.41) is -0.306. The van der Waals surface area contributed by atoms with Crippen molar-refractivity contribution in [3.05, 3.63) is 46.1 Å². The summed E-state index contributed by atoms with van der Waals surface area (Å²) in [4.78, 5) is 35.8. The molecular weight excluding hydrogens is 425 g/mol. The molecular formula is C19H24FN7O3S. The van der Waals surface area contributed by atoms with E-state index in [2.05, 4.69) is 9.97 Å². The number of benzene rings is 1. The molecule has 1 amide bonds. The smallest absolute Gasteiger partial charge is 0.339 e. The maximum Gasteiger partial charge on any atom is 0.339 e. The van der Waals surface area contributed by atoms with Crippen LogP contribution in [0.15, 0.2) is 34.2 Å². The predicted molar refractivity (Wildman–Crippen MR) is 115 cm³/mol. The van der Waals surface area contributed by atoms with Crippen LogP contribution in [-0.2, 0) is 16.3 Å². The molecule has 0 aliphatic rings. The fourth-order valence-corrected chi connectivity index (χ4v) is 3.86. The van der Waals surface area contributed by atoms with Crippen molar-refractivity contribution < 1.29 is 13.4 Å². The molecule has 0 saturated carbocycles. The van der Waals surface area contributed by atoms with Crippen molar-refractivity contribution in [3.63, 3.8) is 0 Å². The summed E-state index contributed by atoms with van der Waals surface area (Å²) in [5.41, 5.74) is 5.91. The number of hydrogen-bond acceptors (Lipinski definition) is 7. The van der Waals surface area contributed by atoms with Crippen LogP contribution in [-0.4, -0.2) is 53.6 Å². The molecule has 0 spiro atoms. The number of fused-ring (bicyclic) bond motifs is 1. The van der Waals surface area contributed by atoms with Crippen molar-refractivity contribution in [2.75, 3.05) is 25.1 Å². The summed E-state index contributed by atoms with van der Waals surface area (Å²) in [6.07, 6.45) is 0.679. The van der Waals surface area contributed by atoms with Gasteiger partial charge in [0.1, 0.15) is 21.1 Å². The molecule has 166 valence electrons. The molecule has 0 unspecified atom stereocenters. The minimum absolute atomic E-state index is 0.0106. The standard InChI is InChI=1S/C19H24FN7O3S/c1-4-10-25(3)18(28)27-14-15(21)23-17(31(22,30)5-2)24-16(14)26(19(27)29)11-12-6-8-13(20)9-7-12/h6-9,22H,4-5,10-11H2,1-3H3,(H2,21,23,24)/t31-/m0/s1. The van der Waals surface area contributed by atoms with Gasteiger partial charge in [-0.2, -0.15) is 4.98 Å². The van der Waals surface area contributed by atoms with Crippen molar-refractivity contribution in [1.82, 2.24) is 24.0 Å². The molecule has 0 bridgehead atoms. The number of amides is 1. The van der Waals surface area contributed by atoms with Gasteiger partial charge in [-0.05, 0) is 24.1 Å². The Kier molecular flexibility index (Phi) is 6.11. The number of carbonyl (C=O) groups excluding carboxylic acids is 1. The van der Waals surface area contributed by atoms with Gasteiger partial charge in [0.15, 0.2) is 11.5 Å². The van der Waals surface area contributed by atoms with E-state index in [9.17, 15) is 18.2 Å². The van der Waals surface area contributed by atoms with E-state index in [1.807, 2.05) is 6.92 Å². The third kappa shape index (κ3) is 4.15. The Bertz CT molecular complexity index is 1300. The fourth-order valence-electron chi connectivity index (χ4n) is 3.12. The highest BCUT2D eigenvalue weighted by molar-refractivity contribution is 7.92. The van der Waals surface area contributed by atoms with Crippen LogP contribution in [0, 0.1) is 10.6 Å². The normalized spacial score (nSPS) is 13.3. The molecule has 2 aromatic heterocycles. The Morgan fingerprint density at radius 3 is 2.48 bits per heavy atom. The minimum atomic E-state index is -3.33. The number of aromatic nitrogens is 4. The van der Waals surface area contributed by atoms with Crippen LogP contribution in [0.1, 0.15) is 25.8 Å². The summed E-state index contributed by atoms with van der Waals surface area (Å²) in [5.74, 6) is -0.693. The van der Waals surface area contributed by atoms with E-state index in [1.54, 1.807) is 14.0 Å². The number of halogens is 1. The summed E-state index contributed by atoms with van der Waals surface area (Å²) >= 11 is 0. The second kappa shape index (κ2) is 8.46. The topological polar surface area (TPSA) is 140 Å². The van der Waals surface area contributed by atoms with Gasteiger partial charge in [-0.25, -0.2) is 32.5 Å². The summed E-state index contributed by atoms with van der Waals surface area (Å²) in [6, 6.07) is 4.90. The van der Waals surface area contributed by atoms with Gasteiger partial charge < -0.3 is 10.6 Å². The van der Waals surface area contributed by atoms with Gasteiger partial charge in [-0.15, -0.1) is 0 Å². The molecule has 3 rings (SSSR count). The Hall–Kier alpha value is -3.28. The van der Waals surface area contributed by atoms with Crippen molar-refractivity contribution in [1.29, 1.82) is 4.78 Å².